The number of hydrogen-bond acceptors (Lipinski definition) is 6. The van der Waals surface area contributed by atoms with Gasteiger partial charge in [-0.3, -0.25) is 0 Å². The van der Waals surface area contributed by atoms with E-state index in [9.17, 15) is 0 Å². The maximum absolute atomic E-state index is 5.79. The van der Waals surface area contributed by atoms with E-state index in [0.717, 1.165) is 34.4 Å². The van der Waals surface area contributed by atoms with Crippen molar-refractivity contribution in [3.8, 4) is 11.5 Å². The first-order valence-corrected chi connectivity index (χ1v) is 7.33. The molecular formula is C14H17N3O2S. The lowest BCUT2D eigenvalue weighted by Crippen LogP contribution is -2.05. The van der Waals surface area contributed by atoms with Crippen molar-refractivity contribution >= 4 is 16.7 Å². The third kappa shape index (κ3) is 2.56. The SMILES string of the molecule is COc1cc2c(cc1CNc1nc(C)ns1)O[C@H](C)C2. The number of benzene rings is 1. The molecule has 0 amide bonds. The molecule has 2 aromatic rings. The number of methoxy groups -OCH3 is 1. The van der Waals surface area contributed by atoms with Crippen molar-refractivity contribution in [1.29, 1.82) is 0 Å². The minimum atomic E-state index is 0.240. The van der Waals surface area contributed by atoms with E-state index in [1.54, 1.807) is 7.11 Å². The van der Waals surface area contributed by atoms with Crippen LogP contribution >= 0.6 is 11.5 Å². The van der Waals surface area contributed by atoms with Gasteiger partial charge in [-0.2, -0.15) is 4.37 Å². The summed E-state index contributed by atoms with van der Waals surface area (Å²) in [6.45, 7) is 4.60. The van der Waals surface area contributed by atoms with Gasteiger partial charge in [-0.25, -0.2) is 4.98 Å². The highest BCUT2D eigenvalue weighted by molar-refractivity contribution is 7.09. The Hall–Kier alpha value is -1.82. The summed E-state index contributed by atoms with van der Waals surface area (Å²) in [7, 11) is 1.69. The topological polar surface area (TPSA) is 56.3 Å². The van der Waals surface area contributed by atoms with E-state index < -0.39 is 0 Å². The van der Waals surface area contributed by atoms with E-state index in [-0.39, 0.29) is 6.10 Å². The third-order valence-electron chi connectivity index (χ3n) is 3.26. The zero-order chi connectivity index (χ0) is 14.1. The second kappa shape index (κ2) is 5.28. The Balaban J connectivity index is 1.80. The Morgan fingerprint density at radius 2 is 2.35 bits per heavy atom. The fraction of sp³-hybridized carbons (Fsp3) is 0.429. The molecule has 1 atom stereocenters. The molecule has 0 unspecified atom stereocenters. The Kier molecular flexibility index (Phi) is 3.48. The normalized spacial score (nSPS) is 16.6. The second-order valence-electron chi connectivity index (χ2n) is 4.90. The molecule has 1 aromatic carbocycles. The van der Waals surface area contributed by atoms with Crippen molar-refractivity contribution in [2.45, 2.75) is 32.9 Å². The molecular weight excluding hydrogens is 274 g/mol. The zero-order valence-corrected chi connectivity index (χ0v) is 12.6. The molecule has 1 aromatic heterocycles. The molecule has 0 spiro atoms. The van der Waals surface area contributed by atoms with Gasteiger partial charge < -0.3 is 14.8 Å². The Bertz CT molecular complexity index is 627. The number of anilines is 1. The number of rotatable bonds is 4. The number of fused-ring (bicyclic) bond motifs is 1. The first-order chi connectivity index (χ1) is 9.65. The summed E-state index contributed by atoms with van der Waals surface area (Å²) >= 11 is 1.36. The summed E-state index contributed by atoms with van der Waals surface area (Å²) < 4.78 is 15.4. The van der Waals surface area contributed by atoms with Gasteiger partial charge in [-0.05, 0) is 26.0 Å². The van der Waals surface area contributed by atoms with Gasteiger partial charge in [0.05, 0.1) is 7.11 Å². The van der Waals surface area contributed by atoms with Crippen molar-refractivity contribution in [3.63, 3.8) is 0 Å². The molecule has 0 bridgehead atoms. The highest BCUT2D eigenvalue weighted by Crippen LogP contribution is 2.35. The molecule has 3 rings (SSSR count). The first-order valence-electron chi connectivity index (χ1n) is 6.56. The summed E-state index contributed by atoms with van der Waals surface area (Å²) in [5, 5.41) is 4.09. The van der Waals surface area contributed by atoms with Gasteiger partial charge in [0, 0.05) is 35.6 Å². The van der Waals surface area contributed by atoms with Crippen LogP contribution in [0.15, 0.2) is 12.1 Å². The summed E-state index contributed by atoms with van der Waals surface area (Å²) in [6, 6.07) is 4.12. The maximum Gasteiger partial charge on any atom is 0.202 e. The monoisotopic (exact) mass is 291 g/mol. The highest BCUT2D eigenvalue weighted by Gasteiger charge is 2.21. The lowest BCUT2D eigenvalue weighted by atomic mass is 10.1. The van der Waals surface area contributed by atoms with Crippen LogP contribution in [0.4, 0.5) is 5.13 Å². The number of hydrogen-bond donors (Lipinski definition) is 1. The molecule has 0 aliphatic carbocycles. The standard InChI is InChI=1S/C14H17N3O2S/c1-8-4-10-5-12(18-3)11(6-13(10)19-8)7-15-14-16-9(2)17-20-14/h5-6,8H,4,7H2,1-3H3,(H,15,16,17)/t8-/m1/s1. The van der Waals surface area contributed by atoms with Crippen LogP contribution < -0.4 is 14.8 Å². The van der Waals surface area contributed by atoms with Gasteiger partial charge in [0.15, 0.2) is 0 Å². The first kappa shape index (κ1) is 13.2. The van der Waals surface area contributed by atoms with Gasteiger partial charge in [-0.1, -0.05) is 0 Å². The number of aromatic nitrogens is 2. The molecule has 0 saturated heterocycles. The van der Waals surface area contributed by atoms with Crippen molar-refractivity contribution in [3.05, 3.63) is 29.1 Å². The van der Waals surface area contributed by atoms with Crippen molar-refractivity contribution in [2.24, 2.45) is 0 Å². The van der Waals surface area contributed by atoms with E-state index in [4.69, 9.17) is 9.47 Å². The van der Waals surface area contributed by atoms with E-state index in [0.29, 0.717) is 6.54 Å². The van der Waals surface area contributed by atoms with Crippen LogP contribution in [-0.4, -0.2) is 22.6 Å². The van der Waals surface area contributed by atoms with E-state index in [1.807, 2.05) is 6.92 Å². The zero-order valence-electron chi connectivity index (χ0n) is 11.8. The maximum atomic E-state index is 5.79. The average molecular weight is 291 g/mol. The lowest BCUT2D eigenvalue weighted by molar-refractivity contribution is 0.254. The van der Waals surface area contributed by atoms with Crippen LogP contribution in [0.25, 0.3) is 0 Å². The summed E-state index contributed by atoms with van der Waals surface area (Å²) in [4.78, 5) is 4.29. The Morgan fingerprint density at radius 1 is 1.50 bits per heavy atom. The average Bonchev–Trinajstić information content (AvgIpc) is 2.99. The number of aryl methyl sites for hydroxylation is 1. The quantitative estimate of drug-likeness (QED) is 0.938. The molecule has 2 heterocycles. The second-order valence-corrected chi connectivity index (χ2v) is 5.66. The van der Waals surface area contributed by atoms with Crippen molar-refractivity contribution in [2.75, 3.05) is 12.4 Å². The Labute approximate surface area is 122 Å². The fourth-order valence-corrected chi connectivity index (χ4v) is 2.92. The summed E-state index contributed by atoms with van der Waals surface area (Å²) in [6.07, 6.45) is 1.18. The molecule has 6 heteroatoms. The molecule has 20 heavy (non-hydrogen) atoms. The molecule has 1 aliphatic heterocycles. The van der Waals surface area contributed by atoms with Crippen LogP contribution in [0.3, 0.4) is 0 Å². The highest BCUT2D eigenvalue weighted by atomic mass is 32.1. The summed E-state index contributed by atoms with van der Waals surface area (Å²) in [5.74, 6) is 2.63. The van der Waals surface area contributed by atoms with Gasteiger partial charge in [-0.15, -0.1) is 0 Å². The predicted molar refractivity (Wildman–Crippen MR) is 78.8 cm³/mol. The third-order valence-corrected chi connectivity index (χ3v) is 4.02. The van der Waals surface area contributed by atoms with Gasteiger partial charge >= 0.3 is 0 Å². The van der Waals surface area contributed by atoms with Crippen LogP contribution in [-0.2, 0) is 13.0 Å². The van der Waals surface area contributed by atoms with Gasteiger partial charge in [0.1, 0.15) is 23.4 Å². The van der Waals surface area contributed by atoms with Crippen molar-refractivity contribution < 1.29 is 9.47 Å². The molecule has 0 radical (unpaired) electrons. The molecule has 106 valence electrons. The van der Waals surface area contributed by atoms with E-state index in [2.05, 4.69) is 33.7 Å². The van der Waals surface area contributed by atoms with Crippen LogP contribution in [0.2, 0.25) is 0 Å². The molecule has 0 fully saturated rings. The van der Waals surface area contributed by atoms with Crippen LogP contribution in [0.1, 0.15) is 23.9 Å². The minimum Gasteiger partial charge on any atom is -0.496 e. The number of nitrogens with zero attached hydrogens (tertiary/aromatic N) is 2. The fourth-order valence-electron chi connectivity index (χ4n) is 2.35. The largest absolute Gasteiger partial charge is 0.496 e. The smallest absolute Gasteiger partial charge is 0.202 e. The minimum absolute atomic E-state index is 0.240. The van der Waals surface area contributed by atoms with Gasteiger partial charge in [0.2, 0.25) is 5.13 Å². The summed E-state index contributed by atoms with van der Waals surface area (Å²) in [5.41, 5.74) is 2.28. The number of nitrogens with one attached hydrogen (secondary N) is 1. The molecule has 1 aliphatic rings. The van der Waals surface area contributed by atoms with Crippen LogP contribution in [0.5, 0.6) is 11.5 Å². The number of ether oxygens (including phenoxy) is 2. The molecule has 0 saturated carbocycles. The lowest BCUT2D eigenvalue weighted by Gasteiger charge is -2.11. The van der Waals surface area contributed by atoms with Crippen molar-refractivity contribution in [1.82, 2.24) is 9.36 Å². The molecule has 5 nitrogen and oxygen atoms in total. The Morgan fingerprint density at radius 3 is 3.05 bits per heavy atom. The predicted octanol–water partition coefficient (Wildman–Crippen LogP) is 2.79. The van der Waals surface area contributed by atoms with E-state index >= 15 is 0 Å². The van der Waals surface area contributed by atoms with E-state index in [1.165, 1.54) is 17.1 Å². The van der Waals surface area contributed by atoms with Gasteiger partial charge in [0.25, 0.3) is 0 Å². The molecule has 1 N–H and O–H groups in total. The van der Waals surface area contributed by atoms with Crippen LogP contribution in [0, 0.1) is 6.92 Å².